The molecule has 1 aromatic carbocycles. The minimum atomic E-state index is -0.176. The lowest BCUT2D eigenvalue weighted by atomic mass is 10.0. The molecule has 0 aromatic heterocycles. The highest BCUT2D eigenvalue weighted by molar-refractivity contribution is 5.20. The second kappa shape index (κ2) is 7.87. The standard InChI is InChI=1S/C17H27FN2O/c1-4-19-17(15-5-7-16(18)8-6-15)9-10-20-11-14(3)21-12-13(20)2/h5-8,13-14,17,19H,4,9-12H2,1-3H3. The van der Waals surface area contributed by atoms with Crippen molar-refractivity contribution in [2.24, 2.45) is 0 Å². The molecule has 1 saturated heterocycles. The topological polar surface area (TPSA) is 24.5 Å². The van der Waals surface area contributed by atoms with E-state index in [1.54, 1.807) is 12.1 Å². The Morgan fingerprint density at radius 1 is 1.33 bits per heavy atom. The Morgan fingerprint density at radius 3 is 2.71 bits per heavy atom. The zero-order valence-electron chi connectivity index (χ0n) is 13.3. The van der Waals surface area contributed by atoms with Crippen LogP contribution in [0.4, 0.5) is 4.39 Å². The third kappa shape index (κ3) is 4.77. The molecule has 1 N–H and O–H groups in total. The van der Waals surface area contributed by atoms with Gasteiger partial charge in [-0.2, -0.15) is 0 Å². The first-order valence-electron chi connectivity index (χ1n) is 7.94. The number of hydrogen-bond donors (Lipinski definition) is 1. The highest BCUT2D eigenvalue weighted by Gasteiger charge is 2.24. The summed E-state index contributed by atoms with van der Waals surface area (Å²) in [6, 6.07) is 7.60. The molecule has 1 fully saturated rings. The fraction of sp³-hybridized carbons (Fsp3) is 0.647. The Kier molecular flexibility index (Phi) is 6.15. The average molecular weight is 294 g/mol. The number of hydrogen-bond acceptors (Lipinski definition) is 3. The molecule has 21 heavy (non-hydrogen) atoms. The second-order valence-corrected chi connectivity index (χ2v) is 5.94. The molecule has 2 rings (SSSR count). The zero-order valence-corrected chi connectivity index (χ0v) is 13.3. The van der Waals surface area contributed by atoms with Crippen LogP contribution in [0.15, 0.2) is 24.3 Å². The highest BCUT2D eigenvalue weighted by Crippen LogP contribution is 2.20. The molecule has 0 radical (unpaired) electrons. The molecule has 3 unspecified atom stereocenters. The van der Waals surface area contributed by atoms with Crippen molar-refractivity contribution in [1.82, 2.24) is 10.2 Å². The predicted molar refractivity (Wildman–Crippen MR) is 83.9 cm³/mol. The highest BCUT2D eigenvalue weighted by atomic mass is 19.1. The molecule has 1 aliphatic heterocycles. The van der Waals surface area contributed by atoms with E-state index >= 15 is 0 Å². The van der Waals surface area contributed by atoms with Crippen LogP contribution in [-0.4, -0.2) is 43.3 Å². The van der Waals surface area contributed by atoms with Crippen LogP contribution in [0, 0.1) is 5.82 Å². The number of benzene rings is 1. The van der Waals surface area contributed by atoms with Crippen LogP contribution in [0.2, 0.25) is 0 Å². The van der Waals surface area contributed by atoms with E-state index in [1.807, 2.05) is 12.1 Å². The number of rotatable bonds is 6. The number of halogens is 1. The number of nitrogens with one attached hydrogen (secondary N) is 1. The van der Waals surface area contributed by atoms with Gasteiger partial charge in [0.1, 0.15) is 5.82 Å². The van der Waals surface area contributed by atoms with Crippen LogP contribution in [0.25, 0.3) is 0 Å². The van der Waals surface area contributed by atoms with Crippen molar-refractivity contribution in [3.8, 4) is 0 Å². The van der Waals surface area contributed by atoms with E-state index in [-0.39, 0.29) is 11.9 Å². The number of morpholine rings is 1. The minimum Gasteiger partial charge on any atom is -0.376 e. The summed E-state index contributed by atoms with van der Waals surface area (Å²) in [5, 5.41) is 3.50. The molecule has 3 atom stereocenters. The van der Waals surface area contributed by atoms with E-state index in [9.17, 15) is 4.39 Å². The van der Waals surface area contributed by atoms with E-state index in [0.29, 0.717) is 12.1 Å². The first kappa shape index (κ1) is 16.4. The van der Waals surface area contributed by atoms with Gasteiger partial charge >= 0.3 is 0 Å². The van der Waals surface area contributed by atoms with E-state index < -0.39 is 0 Å². The summed E-state index contributed by atoms with van der Waals surface area (Å²) in [5.41, 5.74) is 1.16. The lowest BCUT2D eigenvalue weighted by Gasteiger charge is -2.37. The molecule has 0 bridgehead atoms. The molecule has 1 aromatic rings. The van der Waals surface area contributed by atoms with Crippen LogP contribution in [0.3, 0.4) is 0 Å². The second-order valence-electron chi connectivity index (χ2n) is 5.94. The van der Waals surface area contributed by atoms with Gasteiger partial charge in [-0.15, -0.1) is 0 Å². The Balaban J connectivity index is 1.94. The first-order valence-corrected chi connectivity index (χ1v) is 7.94. The Morgan fingerprint density at radius 2 is 2.05 bits per heavy atom. The quantitative estimate of drug-likeness (QED) is 0.873. The lowest BCUT2D eigenvalue weighted by Crippen LogP contribution is -2.48. The van der Waals surface area contributed by atoms with Gasteiger partial charge in [0.05, 0.1) is 12.7 Å². The predicted octanol–water partition coefficient (Wildman–Crippen LogP) is 2.98. The fourth-order valence-electron chi connectivity index (χ4n) is 2.91. The number of nitrogens with zero attached hydrogens (tertiary/aromatic N) is 1. The Hall–Kier alpha value is -0.970. The van der Waals surface area contributed by atoms with Crippen molar-refractivity contribution in [3.05, 3.63) is 35.6 Å². The van der Waals surface area contributed by atoms with Gasteiger partial charge in [0.25, 0.3) is 0 Å². The maximum atomic E-state index is 13.1. The maximum absolute atomic E-state index is 13.1. The molecule has 0 saturated carbocycles. The van der Waals surface area contributed by atoms with Crippen molar-refractivity contribution < 1.29 is 9.13 Å². The van der Waals surface area contributed by atoms with Crippen LogP contribution in [0.5, 0.6) is 0 Å². The summed E-state index contributed by atoms with van der Waals surface area (Å²) in [6.07, 6.45) is 1.33. The van der Waals surface area contributed by atoms with Gasteiger partial charge in [-0.25, -0.2) is 4.39 Å². The van der Waals surface area contributed by atoms with E-state index in [4.69, 9.17) is 4.74 Å². The molecule has 0 aliphatic carbocycles. The molecule has 0 amide bonds. The zero-order chi connectivity index (χ0) is 15.2. The molecular formula is C17H27FN2O. The third-order valence-electron chi connectivity index (χ3n) is 4.16. The number of ether oxygens (including phenoxy) is 1. The van der Waals surface area contributed by atoms with E-state index in [2.05, 4.69) is 31.0 Å². The molecule has 0 spiro atoms. The summed E-state index contributed by atoms with van der Waals surface area (Å²) in [6.45, 7) is 10.2. The van der Waals surface area contributed by atoms with Gasteiger partial charge in [-0.3, -0.25) is 4.90 Å². The maximum Gasteiger partial charge on any atom is 0.123 e. The first-order chi connectivity index (χ1) is 10.1. The third-order valence-corrected chi connectivity index (χ3v) is 4.16. The van der Waals surface area contributed by atoms with Crippen LogP contribution < -0.4 is 5.32 Å². The molecule has 118 valence electrons. The lowest BCUT2D eigenvalue weighted by molar-refractivity contribution is -0.0502. The summed E-state index contributed by atoms with van der Waals surface area (Å²) < 4.78 is 18.7. The van der Waals surface area contributed by atoms with Crippen LogP contribution in [-0.2, 0) is 4.74 Å². The van der Waals surface area contributed by atoms with Crippen molar-refractivity contribution in [1.29, 1.82) is 0 Å². The van der Waals surface area contributed by atoms with Gasteiger partial charge in [0.2, 0.25) is 0 Å². The van der Waals surface area contributed by atoms with Gasteiger partial charge in [-0.1, -0.05) is 19.1 Å². The Bertz CT molecular complexity index is 423. The average Bonchev–Trinajstić information content (AvgIpc) is 2.48. The fourth-order valence-corrected chi connectivity index (χ4v) is 2.91. The molecule has 1 aliphatic rings. The normalized spacial score (nSPS) is 25.0. The van der Waals surface area contributed by atoms with Crippen molar-refractivity contribution in [2.45, 2.75) is 45.4 Å². The van der Waals surface area contributed by atoms with Gasteiger partial charge in [0, 0.05) is 25.2 Å². The van der Waals surface area contributed by atoms with E-state index in [1.165, 1.54) is 0 Å². The van der Waals surface area contributed by atoms with Gasteiger partial charge < -0.3 is 10.1 Å². The summed E-state index contributed by atoms with van der Waals surface area (Å²) in [4.78, 5) is 2.49. The Labute approximate surface area is 127 Å². The molecule has 1 heterocycles. The summed E-state index contributed by atoms with van der Waals surface area (Å²) in [5.74, 6) is -0.176. The SMILES string of the molecule is CCNC(CCN1CC(C)OCC1C)c1ccc(F)cc1. The van der Waals surface area contributed by atoms with Crippen LogP contribution in [0.1, 0.15) is 38.8 Å². The smallest absolute Gasteiger partial charge is 0.123 e. The molecular weight excluding hydrogens is 267 g/mol. The summed E-state index contributed by atoms with van der Waals surface area (Å²) >= 11 is 0. The molecule has 3 nitrogen and oxygen atoms in total. The largest absolute Gasteiger partial charge is 0.376 e. The van der Waals surface area contributed by atoms with Crippen molar-refractivity contribution in [3.63, 3.8) is 0 Å². The molecule has 4 heteroatoms. The van der Waals surface area contributed by atoms with Crippen molar-refractivity contribution in [2.75, 3.05) is 26.2 Å². The van der Waals surface area contributed by atoms with E-state index in [0.717, 1.165) is 38.2 Å². The van der Waals surface area contributed by atoms with Crippen LogP contribution >= 0.6 is 0 Å². The minimum absolute atomic E-state index is 0.176. The monoisotopic (exact) mass is 294 g/mol. The van der Waals surface area contributed by atoms with Crippen molar-refractivity contribution >= 4 is 0 Å². The summed E-state index contributed by atoms with van der Waals surface area (Å²) in [7, 11) is 0. The van der Waals surface area contributed by atoms with Gasteiger partial charge in [0.15, 0.2) is 0 Å². The van der Waals surface area contributed by atoms with Gasteiger partial charge in [-0.05, 0) is 44.5 Å².